The van der Waals surface area contributed by atoms with Crippen molar-refractivity contribution in [2.24, 2.45) is 22.2 Å². The summed E-state index contributed by atoms with van der Waals surface area (Å²) in [5.41, 5.74) is 1.20. The van der Waals surface area contributed by atoms with Crippen LogP contribution in [0.1, 0.15) is 65.7 Å². The third kappa shape index (κ3) is 2.74. The highest BCUT2D eigenvalue weighted by molar-refractivity contribution is 5.77. The molecule has 4 aliphatic rings. The standard InChI is InChI=1S/C18H31NO2/c1-4-19(5-6-20)15(21)10-18-9-14-7-16(2,12-18)11-17(3,8-14)13-18/h14,20H,4-13H2,1-3H3. The molecule has 2 atom stereocenters. The SMILES string of the molecule is CCN(CCO)C(=O)CC12CC3CC(C)(CC(C)(C3)C1)C2. The highest BCUT2D eigenvalue weighted by Crippen LogP contribution is 2.70. The Morgan fingerprint density at radius 3 is 2.24 bits per heavy atom. The molecule has 3 nitrogen and oxygen atoms in total. The molecule has 0 radical (unpaired) electrons. The van der Waals surface area contributed by atoms with Crippen molar-refractivity contribution < 1.29 is 9.90 Å². The zero-order valence-electron chi connectivity index (χ0n) is 14.0. The van der Waals surface area contributed by atoms with Gasteiger partial charge in [-0.25, -0.2) is 0 Å². The molecule has 120 valence electrons. The Kier molecular flexibility index (Phi) is 3.63. The van der Waals surface area contributed by atoms with Crippen LogP contribution >= 0.6 is 0 Å². The van der Waals surface area contributed by atoms with Crippen molar-refractivity contribution in [3.05, 3.63) is 0 Å². The molecule has 0 spiro atoms. The normalized spacial score (nSPS) is 44.1. The lowest BCUT2D eigenvalue weighted by Gasteiger charge is -2.65. The number of amides is 1. The van der Waals surface area contributed by atoms with Gasteiger partial charge in [-0.1, -0.05) is 13.8 Å². The summed E-state index contributed by atoms with van der Waals surface area (Å²) in [6.45, 7) is 8.21. The maximum Gasteiger partial charge on any atom is 0.223 e. The summed E-state index contributed by atoms with van der Waals surface area (Å²) in [5, 5.41) is 9.13. The Morgan fingerprint density at radius 2 is 1.76 bits per heavy atom. The second-order valence-corrected chi connectivity index (χ2v) is 9.00. The fraction of sp³-hybridized carbons (Fsp3) is 0.944. The first kappa shape index (κ1) is 15.3. The lowest BCUT2D eigenvalue weighted by molar-refractivity contribution is -0.161. The number of rotatable bonds is 5. The molecule has 1 N–H and O–H groups in total. The molecule has 0 aromatic rings. The topological polar surface area (TPSA) is 40.5 Å². The molecule has 0 aromatic carbocycles. The third-order valence-electron chi connectivity index (χ3n) is 6.37. The van der Waals surface area contributed by atoms with Crippen molar-refractivity contribution in [2.45, 2.75) is 65.7 Å². The van der Waals surface area contributed by atoms with E-state index in [2.05, 4.69) is 13.8 Å². The number of aliphatic hydroxyl groups is 1. The van der Waals surface area contributed by atoms with E-state index in [1.165, 1.54) is 38.5 Å². The van der Waals surface area contributed by atoms with E-state index in [1.54, 1.807) is 0 Å². The number of hydrogen-bond acceptors (Lipinski definition) is 2. The van der Waals surface area contributed by atoms with Gasteiger partial charge >= 0.3 is 0 Å². The summed E-state index contributed by atoms with van der Waals surface area (Å²) in [6, 6.07) is 0. The van der Waals surface area contributed by atoms with Gasteiger partial charge in [-0.05, 0) is 67.6 Å². The summed E-state index contributed by atoms with van der Waals surface area (Å²) in [7, 11) is 0. The number of carbonyl (C=O) groups excluding carboxylic acids is 1. The quantitative estimate of drug-likeness (QED) is 0.845. The molecular formula is C18H31NO2. The molecule has 0 heterocycles. The smallest absolute Gasteiger partial charge is 0.223 e. The predicted octanol–water partition coefficient (Wildman–Crippen LogP) is 3.21. The molecule has 4 bridgehead atoms. The number of likely N-dealkylation sites (N-methyl/N-ethyl adjacent to an activating group) is 1. The van der Waals surface area contributed by atoms with Crippen LogP contribution in [0.2, 0.25) is 0 Å². The van der Waals surface area contributed by atoms with Gasteiger partial charge in [0.05, 0.1) is 6.61 Å². The van der Waals surface area contributed by atoms with Crippen LogP contribution in [0.4, 0.5) is 0 Å². The Balaban J connectivity index is 1.77. The third-order valence-corrected chi connectivity index (χ3v) is 6.37. The predicted molar refractivity (Wildman–Crippen MR) is 83.8 cm³/mol. The van der Waals surface area contributed by atoms with Crippen LogP contribution in [0.25, 0.3) is 0 Å². The van der Waals surface area contributed by atoms with E-state index in [9.17, 15) is 4.79 Å². The van der Waals surface area contributed by atoms with Gasteiger partial charge in [0.15, 0.2) is 0 Å². The van der Waals surface area contributed by atoms with Crippen molar-refractivity contribution in [3.8, 4) is 0 Å². The van der Waals surface area contributed by atoms with Crippen LogP contribution in [-0.4, -0.2) is 35.6 Å². The molecule has 0 saturated heterocycles. The molecule has 21 heavy (non-hydrogen) atoms. The van der Waals surface area contributed by atoms with E-state index in [0.29, 0.717) is 30.3 Å². The van der Waals surface area contributed by atoms with Crippen LogP contribution < -0.4 is 0 Å². The monoisotopic (exact) mass is 293 g/mol. The van der Waals surface area contributed by atoms with Crippen molar-refractivity contribution in [1.29, 1.82) is 0 Å². The zero-order chi connectivity index (χ0) is 15.3. The van der Waals surface area contributed by atoms with Crippen LogP contribution in [0.3, 0.4) is 0 Å². The molecule has 4 aliphatic carbocycles. The molecule has 3 heteroatoms. The van der Waals surface area contributed by atoms with E-state index < -0.39 is 0 Å². The van der Waals surface area contributed by atoms with Gasteiger partial charge < -0.3 is 10.0 Å². The van der Waals surface area contributed by atoms with Crippen molar-refractivity contribution in [3.63, 3.8) is 0 Å². The summed E-state index contributed by atoms with van der Waals surface area (Å²) < 4.78 is 0. The van der Waals surface area contributed by atoms with Crippen LogP contribution in [0, 0.1) is 22.2 Å². The number of nitrogens with zero attached hydrogens (tertiary/aromatic N) is 1. The van der Waals surface area contributed by atoms with Crippen molar-refractivity contribution in [1.82, 2.24) is 4.90 Å². The minimum absolute atomic E-state index is 0.0740. The Bertz CT molecular complexity index is 415. The van der Waals surface area contributed by atoms with Gasteiger partial charge in [-0.15, -0.1) is 0 Å². The molecule has 4 rings (SSSR count). The van der Waals surface area contributed by atoms with Gasteiger partial charge in [-0.2, -0.15) is 0 Å². The van der Waals surface area contributed by atoms with E-state index in [-0.39, 0.29) is 17.9 Å². The number of hydrogen-bond donors (Lipinski definition) is 1. The average Bonchev–Trinajstić information content (AvgIpc) is 2.30. The van der Waals surface area contributed by atoms with Crippen LogP contribution in [0.5, 0.6) is 0 Å². The van der Waals surface area contributed by atoms with E-state index >= 15 is 0 Å². The minimum atomic E-state index is 0.0740. The van der Waals surface area contributed by atoms with Gasteiger partial charge in [0.25, 0.3) is 0 Å². The first-order valence-corrected chi connectivity index (χ1v) is 8.70. The van der Waals surface area contributed by atoms with Crippen LogP contribution in [-0.2, 0) is 4.79 Å². The van der Waals surface area contributed by atoms with Crippen LogP contribution in [0.15, 0.2) is 0 Å². The van der Waals surface area contributed by atoms with Gasteiger partial charge in [0, 0.05) is 19.5 Å². The number of carbonyl (C=O) groups is 1. The lowest BCUT2D eigenvalue weighted by Crippen LogP contribution is -2.56. The Morgan fingerprint density at radius 1 is 1.14 bits per heavy atom. The first-order chi connectivity index (χ1) is 9.81. The Hall–Kier alpha value is -0.570. The number of aliphatic hydroxyl groups excluding tert-OH is 1. The van der Waals surface area contributed by atoms with E-state index in [0.717, 1.165) is 5.92 Å². The molecule has 0 aliphatic heterocycles. The zero-order valence-corrected chi connectivity index (χ0v) is 14.0. The maximum atomic E-state index is 12.7. The second-order valence-electron chi connectivity index (χ2n) is 9.00. The van der Waals surface area contributed by atoms with Gasteiger partial charge in [-0.3, -0.25) is 4.79 Å². The molecule has 2 unspecified atom stereocenters. The van der Waals surface area contributed by atoms with Gasteiger partial charge in [0.1, 0.15) is 0 Å². The van der Waals surface area contributed by atoms with E-state index in [4.69, 9.17) is 5.11 Å². The summed E-state index contributed by atoms with van der Waals surface area (Å²) >= 11 is 0. The highest BCUT2D eigenvalue weighted by atomic mass is 16.3. The van der Waals surface area contributed by atoms with E-state index in [1.807, 2.05) is 11.8 Å². The molecule has 1 amide bonds. The fourth-order valence-electron chi connectivity index (χ4n) is 6.89. The Labute approximate surface area is 129 Å². The molecular weight excluding hydrogens is 262 g/mol. The molecule has 4 fully saturated rings. The average molecular weight is 293 g/mol. The molecule has 0 aromatic heterocycles. The summed E-state index contributed by atoms with van der Waals surface area (Å²) in [5.74, 6) is 1.11. The molecule has 4 saturated carbocycles. The van der Waals surface area contributed by atoms with Crippen molar-refractivity contribution >= 4 is 5.91 Å². The highest BCUT2D eigenvalue weighted by Gasteiger charge is 2.60. The minimum Gasteiger partial charge on any atom is -0.395 e. The maximum absolute atomic E-state index is 12.7. The lowest BCUT2D eigenvalue weighted by atomic mass is 9.40. The summed E-state index contributed by atoms with van der Waals surface area (Å²) in [6.07, 6.45) is 8.59. The van der Waals surface area contributed by atoms with Gasteiger partial charge in [0.2, 0.25) is 5.91 Å². The summed E-state index contributed by atoms with van der Waals surface area (Å²) in [4.78, 5) is 14.5. The van der Waals surface area contributed by atoms with Crippen molar-refractivity contribution in [2.75, 3.05) is 19.7 Å². The first-order valence-electron chi connectivity index (χ1n) is 8.70. The second kappa shape index (κ2) is 4.97. The fourth-order valence-corrected chi connectivity index (χ4v) is 6.89. The largest absolute Gasteiger partial charge is 0.395 e.